The Hall–Kier alpha value is -0.910. The van der Waals surface area contributed by atoms with Crippen LogP contribution in [-0.4, -0.2) is 44.7 Å². The standard InChI is InChI=1S/C18H32O5/c1-2-3-4-7-13(19)10-11-15-14(16(20)12-17(15)21)8-5-6-9-18(22)23/h10-11,13-17,19-21H,2-9,12H2,1H3,(H,22,23)/b11-10+/t13-,14+,15-,16+,17-/m0/s1. The summed E-state index contributed by atoms with van der Waals surface area (Å²) < 4.78 is 0. The van der Waals surface area contributed by atoms with Crippen molar-refractivity contribution in [3.05, 3.63) is 12.2 Å². The highest BCUT2D eigenvalue weighted by molar-refractivity contribution is 5.66. The number of rotatable bonds is 11. The van der Waals surface area contributed by atoms with Crippen LogP contribution in [-0.2, 0) is 4.79 Å². The molecule has 0 aromatic carbocycles. The molecule has 0 aromatic heterocycles. The Morgan fingerprint density at radius 1 is 1.17 bits per heavy atom. The first kappa shape index (κ1) is 20.1. The van der Waals surface area contributed by atoms with Crippen LogP contribution < -0.4 is 0 Å². The van der Waals surface area contributed by atoms with Crippen LogP contribution in [0.1, 0.15) is 64.7 Å². The van der Waals surface area contributed by atoms with Gasteiger partial charge < -0.3 is 20.4 Å². The minimum atomic E-state index is -0.802. The van der Waals surface area contributed by atoms with E-state index in [9.17, 15) is 20.1 Å². The quantitative estimate of drug-likeness (QED) is 0.345. The van der Waals surface area contributed by atoms with Crippen LogP contribution in [0.15, 0.2) is 12.2 Å². The third-order valence-electron chi connectivity index (χ3n) is 4.75. The van der Waals surface area contributed by atoms with Crippen LogP contribution in [0.25, 0.3) is 0 Å². The van der Waals surface area contributed by atoms with Crippen LogP contribution in [0.3, 0.4) is 0 Å². The number of aliphatic hydroxyl groups excluding tert-OH is 3. The molecule has 0 aromatic rings. The predicted octanol–water partition coefficient (Wildman–Crippen LogP) is 2.49. The van der Waals surface area contributed by atoms with Crippen molar-refractivity contribution >= 4 is 5.97 Å². The molecule has 0 unspecified atom stereocenters. The van der Waals surface area contributed by atoms with Gasteiger partial charge in [-0.2, -0.15) is 0 Å². The zero-order valence-electron chi connectivity index (χ0n) is 14.1. The van der Waals surface area contributed by atoms with Crippen molar-refractivity contribution in [2.45, 2.75) is 83.0 Å². The third kappa shape index (κ3) is 7.46. The molecule has 0 saturated heterocycles. The molecule has 5 nitrogen and oxygen atoms in total. The molecule has 1 aliphatic carbocycles. The van der Waals surface area contributed by atoms with Crippen molar-refractivity contribution in [1.29, 1.82) is 0 Å². The fourth-order valence-corrected chi connectivity index (χ4v) is 3.39. The topological polar surface area (TPSA) is 98.0 Å². The third-order valence-corrected chi connectivity index (χ3v) is 4.75. The van der Waals surface area contributed by atoms with Gasteiger partial charge in [-0.05, 0) is 25.2 Å². The summed E-state index contributed by atoms with van der Waals surface area (Å²) >= 11 is 0. The number of aliphatic carboxylic acids is 1. The van der Waals surface area contributed by atoms with Crippen LogP contribution in [0, 0.1) is 11.8 Å². The van der Waals surface area contributed by atoms with E-state index in [1.807, 2.05) is 6.08 Å². The normalized spacial score (nSPS) is 29.2. The highest BCUT2D eigenvalue weighted by atomic mass is 16.4. The lowest BCUT2D eigenvalue weighted by molar-refractivity contribution is -0.137. The summed E-state index contributed by atoms with van der Waals surface area (Å²) in [5, 5.41) is 38.8. The van der Waals surface area contributed by atoms with Gasteiger partial charge in [-0.25, -0.2) is 0 Å². The van der Waals surface area contributed by atoms with E-state index < -0.39 is 24.3 Å². The summed E-state index contributed by atoms with van der Waals surface area (Å²) in [6.45, 7) is 2.12. The van der Waals surface area contributed by atoms with Gasteiger partial charge in [0.1, 0.15) is 0 Å². The molecule has 0 aliphatic heterocycles. The van der Waals surface area contributed by atoms with Gasteiger partial charge in [0, 0.05) is 18.8 Å². The van der Waals surface area contributed by atoms with Gasteiger partial charge in [0.15, 0.2) is 0 Å². The summed E-state index contributed by atoms with van der Waals surface area (Å²) in [6, 6.07) is 0. The predicted molar refractivity (Wildman–Crippen MR) is 89.0 cm³/mol. The Morgan fingerprint density at radius 2 is 1.91 bits per heavy atom. The monoisotopic (exact) mass is 328 g/mol. The summed E-state index contributed by atoms with van der Waals surface area (Å²) in [5.41, 5.74) is 0. The molecule has 0 spiro atoms. The maximum absolute atomic E-state index is 10.5. The number of hydrogen-bond donors (Lipinski definition) is 4. The lowest BCUT2D eigenvalue weighted by atomic mass is 9.88. The van der Waals surface area contributed by atoms with E-state index in [-0.39, 0.29) is 18.3 Å². The van der Waals surface area contributed by atoms with Gasteiger partial charge in [0.05, 0.1) is 18.3 Å². The molecule has 4 N–H and O–H groups in total. The molecule has 1 fully saturated rings. The number of unbranched alkanes of at least 4 members (excludes halogenated alkanes) is 3. The van der Waals surface area contributed by atoms with E-state index in [0.717, 1.165) is 32.1 Å². The summed E-state index contributed by atoms with van der Waals surface area (Å²) in [4.78, 5) is 10.5. The highest BCUT2D eigenvalue weighted by Gasteiger charge is 2.39. The van der Waals surface area contributed by atoms with E-state index in [4.69, 9.17) is 5.11 Å². The Labute approximate surface area is 139 Å². The zero-order chi connectivity index (χ0) is 17.2. The van der Waals surface area contributed by atoms with E-state index in [0.29, 0.717) is 19.3 Å². The average molecular weight is 328 g/mol. The maximum Gasteiger partial charge on any atom is 0.303 e. The zero-order valence-corrected chi connectivity index (χ0v) is 14.1. The van der Waals surface area contributed by atoms with Crippen molar-refractivity contribution in [3.8, 4) is 0 Å². The minimum absolute atomic E-state index is 0.0575. The maximum atomic E-state index is 10.5. The lowest BCUT2D eigenvalue weighted by Gasteiger charge is -2.21. The van der Waals surface area contributed by atoms with Crippen LogP contribution >= 0.6 is 0 Å². The molecule has 1 saturated carbocycles. The van der Waals surface area contributed by atoms with Crippen molar-refractivity contribution in [2.24, 2.45) is 11.8 Å². The van der Waals surface area contributed by atoms with Crippen LogP contribution in [0.4, 0.5) is 0 Å². The van der Waals surface area contributed by atoms with E-state index in [2.05, 4.69) is 6.92 Å². The molecule has 0 heterocycles. The molecule has 134 valence electrons. The molecular weight excluding hydrogens is 296 g/mol. The first-order chi connectivity index (χ1) is 11.0. The number of carbonyl (C=O) groups is 1. The average Bonchev–Trinajstić information content (AvgIpc) is 2.75. The largest absolute Gasteiger partial charge is 0.481 e. The van der Waals surface area contributed by atoms with Crippen LogP contribution in [0.2, 0.25) is 0 Å². The first-order valence-corrected chi connectivity index (χ1v) is 8.90. The van der Waals surface area contributed by atoms with Crippen molar-refractivity contribution in [3.63, 3.8) is 0 Å². The van der Waals surface area contributed by atoms with E-state index >= 15 is 0 Å². The number of aliphatic hydroxyl groups is 3. The number of carboxylic acids is 1. The SMILES string of the molecule is CCCCC[C@H](O)/C=C/[C@H]1[C@@H](CCCCC(=O)O)[C@H](O)C[C@@H]1O. The number of carboxylic acid groups (broad SMARTS) is 1. The van der Waals surface area contributed by atoms with Gasteiger partial charge in [-0.15, -0.1) is 0 Å². The molecule has 23 heavy (non-hydrogen) atoms. The van der Waals surface area contributed by atoms with Crippen molar-refractivity contribution < 1.29 is 25.2 Å². The Morgan fingerprint density at radius 3 is 2.57 bits per heavy atom. The summed E-state index contributed by atoms with van der Waals surface area (Å²) in [6.07, 6.45) is 8.37. The Bertz CT molecular complexity index is 368. The highest BCUT2D eigenvalue weighted by Crippen LogP contribution is 2.37. The van der Waals surface area contributed by atoms with Crippen molar-refractivity contribution in [1.82, 2.24) is 0 Å². The molecule has 0 amide bonds. The molecule has 1 aliphatic rings. The molecule has 5 atom stereocenters. The number of hydrogen-bond acceptors (Lipinski definition) is 4. The van der Waals surface area contributed by atoms with Crippen molar-refractivity contribution in [2.75, 3.05) is 0 Å². The van der Waals surface area contributed by atoms with E-state index in [1.165, 1.54) is 0 Å². The van der Waals surface area contributed by atoms with Gasteiger partial charge in [0.25, 0.3) is 0 Å². The Kier molecular flexibility index (Phi) is 9.44. The van der Waals surface area contributed by atoms with Crippen LogP contribution in [0.5, 0.6) is 0 Å². The lowest BCUT2D eigenvalue weighted by Crippen LogP contribution is -2.21. The summed E-state index contributed by atoms with van der Waals surface area (Å²) in [5.74, 6) is -1.02. The molecule has 1 rings (SSSR count). The second kappa shape index (κ2) is 10.8. The van der Waals surface area contributed by atoms with Gasteiger partial charge in [-0.1, -0.05) is 44.8 Å². The fourth-order valence-electron chi connectivity index (χ4n) is 3.39. The molecule has 0 radical (unpaired) electrons. The minimum Gasteiger partial charge on any atom is -0.481 e. The smallest absolute Gasteiger partial charge is 0.303 e. The fraction of sp³-hybridized carbons (Fsp3) is 0.833. The summed E-state index contributed by atoms with van der Waals surface area (Å²) in [7, 11) is 0. The molecule has 5 heteroatoms. The second-order valence-corrected chi connectivity index (χ2v) is 6.70. The van der Waals surface area contributed by atoms with Gasteiger partial charge in [-0.3, -0.25) is 4.79 Å². The van der Waals surface area contributed by atoms with Gasteiger partial charge in [0.2, 0.25) is 0 Å². The van der Waals surface area contributed by atoms with E-state index in [1.54, 1.807) is 6.08 Å². The molecule has 0 bridgehead atoms. The first-order valence-electron chi connectivity index (χ1n) is 8.90. The molecular formula is C18H32O5. The van der Waals surface area contributed by atoms with Gasteiger partial charge >= 0.3 is 5.97 Å². The Balaban J connectivity index is 2.46. The second-order valence-electron chi connectivity index (χ2n) is 6.70.